The van der Waals surface area contributed by atoms with Gasteiger partial charge in [0.15, 0.2) is 0 Å². The Morgan fingerprint density at radius 2 is 2.00 bits per heavy atom. The van der Waals surface area contributed by atoms with E-state index in [-0.39, 0.29) is 11.8 Å². The Kier molecular flexibility index (Phi) is 5.62. The van der Waals surface area contributed by atoms with Crippen molar-refractivity contribution in [2.75, 3.05) is 19.7 Å². The summed E-state index contributed by atoms with van der Waals surface area (Å²) in [5, 5.41) is 12.5. The van der Waals surface area contributed by atoms with Gasteiger partial charge >= 0.3 is 5.97 Å². The summed E-state index contributed by atoms with van der Waals surface area (Å²) in [6.07, 6.45) is 2.87. The molecule has 1 fully saturated rings. The zero-order valence-electron chi connectivity index (χ0n) is 12.9. The molecular weight excluding hydrogens is 266 g/mol. The lowest BCUT2D eigenvalue weighted by molar-refractivity contribution is -0.142. The van der Waals surface area contributed by atoms with Crippen molar-refractivity contribution in [1.29, 1.82) is 0 Å². The number of carboxylic acid groups (broad SMARTS) is 1. The van der Waals surface area contributed by atoms with Gasteiger partial charge in [-0.25, -0.2) is 0 Å². The van der Waals surface area contributed by atoms with Crippen molar-refractivity contribution in [3.8, 4) is 5.75 Å². The van der Waals surface area contributed by atoms with Crippen LogP contribution in [-0.4, -0.2) is 30.8 Å². The monoisotopic (exact) mass is 291 g/mol. The normalized spacial score (nSPS) is 21.4. The predicted molar refractivity (Wildman–Crippen MR) is 82.7 cm³/mol. The third-order valence-corrected chi connectivity index (χ3v) is 4.13. The standard InChI is InChI=1S/C17H25NO3/c1-12-8-13(2)10-15(9-12)21-7-6-18-11-14-4-3-5-16(14)17(19)20/h8-10,14,16,18H,3-7,11H2,1-2H3,(H,19,20). The van der Waals surface area contributed by atoms with Crippen molar-refractivity contribution in [2.45, 2.75) is 33.1 Å². The number of carboxylic acids is 1. The summed E-state index contributed by atoms with van der Waals surface area (Å²) >= 11 is 0. The molecule has 0 radical (unpaired) electrons. The minimum Gasteiger partial charge on any atom is -0.492 e. The van der Waals surface area contributed by atoms with Gasteiger partial charge in [0.2, 0.25) is 0 Å². The van der Waals surface area contributed by atoms with E-state index in [1.54, 1.807) is 0 Å². The molecule has 1 aromatic rings. The van der Waals surface area contributed by atoms with Gasteiger partial charge in [0.1, 0.15) is 12.4 Å². The highest BCUT2D eigenvalue weighted by Crippen LogP contribution is 2.31. The molecule has 0 bridgehead atoms. The van der Waals surface area contributed by atoms with E-state index in [0.29, 0.717) is 6.61 Å². The van der Waals surface area contributed by atoms with Crippen molar-refractivity contribution in [2.24, 2.45) is 11.8 Å². The van der Waals surface area contributed by atoms with E-state index in [1.807, 2.05) is 12.1 Å². The third kappa shape index (κ3) is 4.74. The van der Waals surface area contributed by atoms with Crippen LogP contribution in [0.2, 0.25) is 0 Å². The largest absolute Gasteiger partial charge is 0.492 e. The number of hydrogen-bond acceptors (Lipinski definition) is 3. The maximum Gasteiger partial charge on any atom is 0.306 e. The van der Waals surface area contributed by atoms with Crippen molar-refractivity contribution in [3.05, 3.63) is 29.3 Å². The molecule has 1 aliphatic carbocycles. The lowest BCUT2D eigenvalue weighted by Crippen LogP contribution is -2.31. The molecule has 2 unspecified atom stereocenters. The first-order valence-corrected chi connectivity index (χ1v) is 7.71. The molecule has 2 atom stereocenters. The van der Waals surface area contributed by atoms with Crippen LogP contribution in [0.5, 0.6) is 5.75 Å². The SMILES string of the molecule is Cc1cc(C)cc(OCCNCC2CCCC2C(=O)O)c1. The van der Waals surface area contributed by atoms with E-state index in [2.05, 4.69) is 25.2 Å². The van der Waals surface area contributed by atoms with Crippen LogP contribution < -0.4 is 10.1 Å². The van der Waals surface area contributed by atoms with Crippen LogP contribution in [0.25, 0.3) is 0 Å². The average molecular weight is 291 g/mol. The lowest BCUT2D eigenvalue weighted by atomic mass is 9.96. The maximum atomic E-state index is 11.1. The smallest absolute Gasteiger partial charge is 0.306 e. The highest BCUT2D eigenvalue weighted by molar-refractivity contribution is 5.70. The number of benzene rings is 1. The fourth-order valence-corrected chi connectivity index (χ4v) is 3.15. The first-order valence-electron chi connectivity index (χ1n) is 7.71. The van der Waals surface area contributed by atoms with Gasteiger partial charge in [-0.05, 0) is 62.4 Å². The molecule has 2 rings (SSSR count). The summed E-state index contributed by atoms with van der Waals surface area (Å²) in [7, 11) is 0. The number of carbonyl (C=O) groups is 1. The second-order valence-corrected chi connectivity index (χ2v) is 6.01. The Hall–Kier alpha value is -1.55. The zero-order chi connectivity index (χ0) is 15.2. The zero-order valence-corrected chi connectivity index (χ0v) is 12.9. The molecule has 1 saturated carbocycles. The molecule has 0 spiro atoms. The van der Waals surface area contributed by atoms with Gasteiger partial charge < -0.3 is 15.2 Å². The van der Waals surface area contributed by atoms with Crippen LogP contribution in [-0.2, 0) is 4.79 Å². The van der Waals surface area contributed by atoms with Crippen LogP contribution >= 0.6 is 0 Å². The minimum atomic E-state index is -0.647. The van der Waals surface area contributed by atoms with Crippen LogP contribution in [0.1, 0.15) is 30.4 Å². The van der Waals surface area contributed by atoms with E-state index in [0.717, 1.165) is 38.1 Å². The van der Waals surface area contributed by atoms with Gasteiger partial charge in [-0.15, -0.1) is 0 Å². The predicted octanol–water partition coefficient (Wildman–Crippen LogP) is 2.77. The molecule has 2 N–H and O–H groups in total. The molecule has 1 aliphatic rings. The molecule has 0 aliphatic heterocycles. The van der Waals surface area contributed by atoms with Gasteiger partial charge in [-0.2, -0.15) is 0 Å². The Bertz CT molecular complexity index is 467. The van der Waals surface area contributed by atoms with Gasteiger partial charge in [0.05, 0.1) is 5.92 Å². The van der Waals surface area contributed by atoms with E-state index in [1.165, 1.54) is 11.1 Å². The second-order valence-electron chi connectivity index (χ2n) is 6.01. The van der Waals surface area contributed by atoms with Crippen molar-refractivity contribution < 1.29 is 14.6 Å². The fourth-order valence-electron chi connectivity index (χ4n) is 3.15. The molecule has 4 heteroatoms. The van der Waals surface area contributed by atoms with Gasteiger partial charge in [0.25, 0.3) is 0 Å². The summed E-state index contributed by atoms with van der Waals surface area (Å²) in [5.41, 5.74) is 2.40. The third-order valence-electron chi connectivity index (χ3n) is 4.13. The van der Waals surface area contributed by atoms with Crippen LogP contribution in [0.15, 0.2) is 18.2 Å². The Labute approximate surface area is 126 Å². The molecule has 0 aromatic heterocycles. The first kappa shape index (κ1) is 15.8. The Morgan fingerprint density at radius 3 is 2.67 bits per heavy atom. The number of aliphatic carboxylic acids is 1. The van der Waals surface area contributed by atoms with Crippen molar-refractivity contribution >= 4 is 5.97 Å². The summed E-state index contributed by atoms with van der Waals surface area (Å²) in [4.78, 5) is 11.1. The molecule has 21 heavy (non-hydrogen) atoms. The molecule has 116 valence electrons. The average Bonchev–Trinajstić information content (AvgIpc) is 2.85. The van der Waals surface area contributed by atoms with Crippen LogP contribution in [0.4, 0.5) is 0 Å². The summed E-state index contributed by atoms with van der Waals surface area (Å²) in [5.74, 6) is 0.353. The fraction of sp³-hybridized carbons (Fsp3) is 0.588. The molecule has 1 aromatic carbocycles. The van der Waals surface area contributed by atoms with E-state index < -0.39 is 5.97 Å². The van der Waals surface area contributed by atoms with Crippen molar-refractivity contribution in [3.63, 3.8) is 0 Å². The summed E-state index contributed by atoms with van der Waals surface area (Å²) in [6.45, 7) is 6.24. The van der Waals surface area contributed by atoms with Gasteiger partial charge in [-0.1, -0.05) is 12.5 Å². The molecular formula is C17H25NO3. The quantitative estimate of drug-likeness (QED) is 0.758. The molecule has 4 nitrogen and oxygen atoms in total. The molecule has 0 heterocycles. The highest BCUT2D eigenvalue weighted by atomic mass is 16.5. The minimum absolute atomic E-state index is 0.169. The molecule has 0 saturated heterocycles. The maximum absolute atomic E-state index is 11.1. The first-order chi connectivity index (χ1) is 10.1. The Balaban J connectivity index is 1.67. The number of ether oxygens (including phenoxy) is 1. The highest BCUT2D eigenvalue weighted by Gasteiger charge is 2.32. The van der Waals surface area contributed by atoms with E-state index >= 15 is 0 Å². The van der Waals surface area contributed by atoms with Crippen LogP contribution in [0, 0.1) is 25.7 Å². The van der Waals surface area contributed by atoms with Crippen LogP contribution in [0.3, 0.4) is 0 Å². The number of aryl methyl sites for hydroxylation is 2. The second kappa shape index (κ2) is 7.46. The number of nitrogens with one attached hydrogen (secondary N) is 1. The van der Waals surface area contributed by atoms with Gasteiger partial charge in [-0.3, -0.25) is 4.79 Å². The van der Waals surface area contributed by atoms with Crippen molar-refractivity contribution in [1.82, 2.24) is 5.32 Å². The van der Waals surface area contributed by atoms with E-state index in [4.69, 9.17) is 9.84 Å². The Morgan fingerprint density at radius 1 is 1.29 bits per heavy atom. The lowest BCUT2D eigenvalue weighted by Gasteiger charge is -2.16. The van der Waals surface area contributed by atoms with E-state index in [9.17, 15) is 4.79 Å². The van der Waals surface area contributed by atoms with Gasteiger partial charge in [0, 0.05) is 6.54 Å². The summed E-state index contributed by atoms with van der Waals surface area (Å²) < 4.78 is 5.73. The molecule has 0 amide bonds. The number of hydrogen-bond donors (Lipinski definition) is 2. The number of rotatable bonds is 7. The summed E-state index contributed by atoms with van der Waals surface area (Å²) in [6, 6.07) is 6.19. The topological polar surface area (TPSA) is 58.6 Å².